The number of rotatable bonds is 11. The van der Waals surface area contributed by atoms with Crippen molar-refractivity contribution in [1.29, 1.82) is 0 Å². The molecule has 0 spiro atoms. The van der Waals surface area contributed by atoms with Crippen molar-refractivity contribution >= 4 is 29.2 Å². The van der Waals surface area contributed by atoms with Crippen LogP contribution in [0.4, 0.5) is 16.0 Å². The SMILES string of the molecule is O=C(O)C[C@@H]1C[C@H]1Cn1c(=O)nc(Nc2ccc(Oc3ncccc3CF)cc2)n(Cc2ccc(Cl)cc2)c1=O. The largest absolute Gasteiger partial charge is 0.481 e. The van der Waals surface area contributed by atoms with Gasteiger partial charge in [0.15, 0.2) is 0 Å². The van der Waals surface area contributed by atoms with E-state index >= 15 is 0 Å². The summed E-state index contributed by atoms with van der Waals surface area (Å²) >= 11 is 6.01. The minimum Gasteiger partial charge on any atom is -0.481 e. The molecule has 1 saturated carbocycles. The van der Waals surface area contributed by atoms with Gasteiger partial charge in [-0.05, 0) is 72.4 Å². The smallest absolute Gasteiger partial charge is 0.354 e. The first-order valence-corrected chi connectivity index (χ1v) is 12.9. The first kappa shape index (κ1) is 27.1. The number of carbonyl (C=O) groups is 1. The molecule has 0 bridgehead atoms. The van der Waals surface area contributed by atoms with Crippen molar-refractivity contribution in [1.82, 2.24) is 19.1 Å². The maximum Gasteiger partial charge on any atom is 0.354 e. The van der Waals surface area contributed by atoms with Gasteiger partial charge in [0.2, 0.25) is 11.8 Å². The molecule has 12 heteroatoms. The summed E-state index contributed by atoms with van der Waals surface area (Å²) in [7, 11) is 0. The zero-order chi connectivity index (χ0) is 28.2. The lowest BCUT2D eigenvalue weighted by Gasteiger charge is -2.16. The third-order valence-corrected chi connectivity index (χ3v) is 6.90. The number of aliphatic carboxylic acids is 1. The molecular formula is C28H25ClFN5O5. The van der Waals surface area contributed by atoms with Crippen molar-refractivity contribution < 1.29 is 19.0 Å². The molecule has 1 aliphatic carbocycles. The highest BCUT2D eigenvalue weighted by Gasteiger charge is 2.39. The highest BCUT2D eigenvalue weighted by molar-refractivity contribution is 6.30. The number of carboxylic acids is 1. The molecule has 1 aliphatic rings. The minimum absolute atomic E-state index is 0.000580. The molecular weight excluding hydrogens is 541 g/mol. The Hall–Kier alpha value is -4.51. The summed E-state index contributed by atoms with van der Waals surface area (Å²) in [6, 6.07) is 16.8. The number of alkyl halides is 1. The average Bonchev–Trinajstić information content (AvgIpc) is 3.67. The molecule has 0 amide bonds. The molecule has 1 fully saturated rings. The number of anilines is 2. The maximum absolute atomic E-state index is 13.5. The summed E-state index contributed by atoms with van der Waals surface area (Å²) in [6.45, 7) is -0.502. The summed E-state index contributed by atoms with van der Waals surface area (Å²) in [6.07, 6.45) is 2.14. The zero-order valence-electron chi connectivity index (χ0n) is 21.2. The van der Waals surface area contributed by atoms with E-state index in [4.69, 9.17) is 21.4 Å². The van der Waals surface area contributed by atoms with Crippen LogP contribution in [0.2, 0.25) is 5.02 Å². The standard InChI is InChI=1S/C28H25ClFN5O5/c29-21-5-3-17(4-6-21)15-34-26(33-27(38)35(28(34)39)16-20-12-19(20)13-24(36)37)32-22-7-9-23(10-8-22)40-25-18(14-30)2-1-11-31-25/h1-11,19-20H,12-16H2,(H,36,37)(H,32,33,38)/t19-,20-/m0/s1. The van der Waals surface area contributed by atoms with Gasteiger partial charge in [0.25, 0.3) is 0 Å². The predicted molar refractivity (Wildman–Crippen MR) is 146 cm³/mol. The second kappa shape index (κ2) is 11.7. The van der Waals surface area contributed by atoms with Gasteiger partial charge in [-0.1, -0.05) is 23.7 Å². The number of pyridine rings is 1. The van der Waals surface area contributed by atoms with Crippen LogP contribution in [0.1, 0.15) is 24.0 Å². The van der Waals surface area contributed by atoms with Gasteiger partial charge in [0.05, 0.1) is 6.54 Å². The first-order chi connectivity index (χ1) is 19.3. The number of nitrogens with zero attached hydrogens (tertiary/aromatic N) is 4. The van der Waals surface area contributed by atoms with Gasteiger partial charge in [-0.25, -0.2) is 23.5 Å². The van der Waals surface area contributed by atoms with Gasteiger partial charge in [-0.2, -0.15) is 4.98 Å². The van der Waals surface area contributed by atoms with Crippen LogP contribution in [-0.2, 0) is 24.6 Å². The summed E-state index contributed by atoms with van der Waals surface area (Å²) in [5.74, 6) is -0.431. The molecule has 10 nitrogen and oxygen atoms in total. The number of hydrogen-bond donors (Lipinski definition) is 2. The van der Waals surface area contributed by atoms with Crippen LogP contribution in [0.15, 0.2) is 76.4 Å². The molecule has 2 atom stereocenters. The molecule has 0 aliphatic heterocycles. The van der Waals surface area contributed by atoms with Gasteiger partial charge in [0.1, 0.15) is 12.4 Å². The number of hydrogen-bond acceptors (Lipinski definition) is 7. The Morgan fingerprint density at radius 3 is 2.52 bits per heavy atom. The molecule has 2 heterocycles. The van der Waals surface area contributed by atoms with Crippen LogP contribution in [0, 0.1) is 11.8 Å². The average molecular weight is 566 g/mol. The van der Waals surface area contributed by atoms with Crippen molar-refractivity contribution in [2.75, 3.05) is 5.32 Å². The van der Waals surface area contributed by atoms with E-state index in [9.17, 15) is 18.8 Å². The Labute approximate surface area is 232 Å². The van der Waals surface area contributed by atoms with Gasteiger partial charge >= 0.3 is 17.3 Å². The summed E-state index contributed by atoms with van der Waals surface area (Å²) < 4.78 is 21.3. The molecule has 206 valence electrons. The number of carboxylic acid groups (broad SMARTS) is 1. The number of aromatic nitrogens is 4. The lowest BCUT2D eigenvalue weighted by molar-refractivity contribution is -0.137. The minimum atomic E-state index is -0.906. The van der Waals surface area contributed by atoms with E-state index in [1.54, 1.807) is 60.7 Å². The van der Waals surface area contributed by atoms with E-state index in [0.29, 0.717) is 28.4 Å². The third-order valence-electron chi connectivity index (χ3n) is 6.65. The van der Waals surface area contributed by atoms with Crippen LogP contribution in [-0.4, -0.2) is 30.2 Å². The zero-order valence-corrected chi connectivity index (χ0v) is 21.9. The highest BCUT2D eigenvalue weighted by atomic mass is 35.5. The Balaban J connectivity index is 1.41. The second-order valence-corrected chi connectivity index (χ2v) is 9.97. The second-order valence-electron chi connectivity index (χ2n) is 9.53. The van der Waals surface area contributed by atoms with Crippen LogP contribution in [0.25, 0.3) is 0 Å². The van der Waals surface area contributed by atoms with E-state index in [0.717, 1.165) is 10.1 Å². The normalized spacial score (nSPS) is 15.9. The van der Waals surface area contributed by atoms with E-state index in [1.807, 2.05) is 0 Å². The molecule has 0 unspecified atom stereocenters. The van der Waals surface area contributed by atoms with Crippen LogP contribution in [0.3, 0.4) is 0 Å². The van der Waals surface area contributed by atoms with Crippen molar-refractivity contribution in [3.05, 3.63) is 104 Å². The maximum atomic E-state index is 13.5. The molecule has 0 saturated heterocycles. The van der Waals surface area contributed by atoms with E-state index < -0.39 is 24.0 Å². The van der Waals surface area contributed by atoms with Crippen molar-refractivity contribution in [2.24, 2.45) is 11.8 Å². The Morgan fingerprint density at radius 1 is 1.07 bits per heavy atom. The molecule has 2 aromatic heterocycles. The fraction of sp³-hybridized carbons (Fsp3) is 0.250. The lowest BCUT2D eigenvalue weighted by Crippen LogP contribution is -2.43. The predicted octanol–water partition coefficient (Wildman–Crippen LogP) is 4.62. The number of halogens is 2. The van der Waals surface area contributed by atoms with Crippen LogP contribution < -0.4 is 21.4 Å². The quantitative estimate of drug-likeness (QED) is 0.270. The molecule has 5 rings (SSSR count). The number of benzene rings is 2. The van der Waals surface area contributed by atoms with E-state index in [-0.39, 0.29) is 43.2 Å². The van der Waals surface area contributed by atoms with Gasteiger partial charge in [-0.15, -0.1) is 0 Å². The fourth-order valence-corrected chi connectivity index (χ4v) is 4.53. The molecule has 2 aromatic carbocycles. The van der Waals surface area contributed by atoms with Crippen molar-refractivity contribution in [3.63, 3.8) is 0 Å². The Kier molecular flexibility index (Phi) is 7.92. The molecule has 0 radical (unpaired) electrons. The topological polar surface area (TPSA) is 128 Å². The van der Waals surface area contributed by atoms with Gasteiger partial charge in [0, 0.05) is 35.4 Å². The first-order valence-electron chi connectivity index (χ1n) is 12.5. The van der Waals surface area contributed by atoms with Crippen LogP contribution in [0.5, 0.6) is 11.6 Å². The monoisotopic (exact) mass is 565 g/mol. The van der Waals surface area contributed by atoms with E-state index in [2.05, 4.69) is 15.3 Å². The molecule has 2 N–H and O–H groups in total. The van der Waals surface area contributed by atoms with E-state index in [1.165, 1.54) is 10.8 Å². The fourth-order valence-electron chi connectivity index (χ4n) is 4.40. The highest BCUT2D eigenvalue weighted by Crippen LogP contribution is 2.42. The Bertz CT molecular complexity index is 1640. The van der Waals surface area contributed by atoms with Gasteiger partial charge in [-0.3, -0.25) is 9.36 Å². The van der Waals surface area contributed by atoms with Crippen molar-refractivity contribution in [3.8, 4) is 11.6 Å². The van der Waals surface area contributed by atoms with Crippen molar-refractivity contribution in [2.45, 2.75) is 32.6 Å². The van der Waals surface area contributed by atoms with Crippen LogP contribution >= 0.6 is 11.6 Å². The third kappa shape index (κ3) is 6.37. The number of ether oxygens (including phenoxy) is 1. The summed E-state index contributed by atoms with van der Waals surface area (Å²) in [5, 5.41) is 12.6. The summed E-state index contributed by atoms with van der Waals surface area (Å²) in [5.41, 5.74) is 0.319. The van der Waals surface area contributed by atoms with Gasteiger partial charge < -0.3 is 15.2 Å². The Morgan fingerprint density at radius 2 is 1.82 bits per heavy atom. The number of nitrogens with one attached hydrogen (secondary N) is 1. The lowest BCUT2D eigenvalue weighted by atomic mass is 10.2. The molecule has 4 aromatic rings. The summed E-state index contributed by atoms with van der Waals surface area (Å²) in [4.78, 5) is 45.7. The molecule has 40 heavy (non-hydrogen) atoms.